The van der Waals surface area contributed by atoms with Crippen molar-refractivity contribution >= 4 is 64.0 Å². The molecule has 13 nitrogen and oxygen atoms in total. The van der Waals surface area contributed by atoms with Crippen LogP contribution in [0.25, 0.3) is 0 Å². The number of piperazine rings is 1. The van der Waals surface area contributed by atoms with Crippen molar-refractivity contribution in [3.05, 3.63) is 112 Å². The van der Waals surface area contributed by atoms with Gasteiger partial charge in [-0.05, 0) is 87.6 Å². The summed E-state index contributed by atoms with van der Waals surface area (Å²) in [5.41, 5.74) is 5.13. The average molecular weight is 766 g/mol. The van der Waals surface area contributed by atoms with E-state index in [-0.39, 0.29) is 40.4 Å². The van der Waals surface area contributed by atoms with Crippen LogP contribution >= 0.6 is 11.6 Å². The highest BCUT2D eigenvalue weighted by atomic mass is 35.5. The maximum atomic E-state index is 13.4. The van der Waals surface area contributed by atoms with Crippen LogP contribution in [-0.4, -0.2) is 76.4 Å². The molecule has 0 bridgehead atoms. The molecule has 4 aromatic rings. The second-order valence-corrected chi connectivity index (χ2v) is 13.7. The monoisotopic (exact) mass is 765 g/mol. The average Bonchev–Trinajstić information content (AvgIpc) is 3.17. The molecule has 6 rings (SSSR count). The molecule has 4 heterocycles. The topological polar surface area (TPSA) is 171 Å². The molecule has 2 aromatic carbocycles. The van der Waals surface area contributed by atoms with Crippen LogP contribution in [0.15, 0.2) is 79.1 Å². The summed E-state index contributed by atoms with van der Waals surface area (Å²) in [7, 11) is 0. The van der Waals surface area contributed by atoms with Crippen LogP contribution in [-0.2, 0) is 22.4 Å². The van der Waals surface area contributed by atoms with E-state index >= 15 is 0 Å². The number of hydrogen-bond acceptors (Lipinski definition) is 9. The molecular formula is C41H44ClN7O6. The number of hydrogen-bond donors (Lipinski definition) is 3. The number of imide groups is 1. The number of rotatable bonds is 10. The van der Waals surface area contributed by atoms with E-state index in [9.17, 15) is 28.8 Å². The van der Waals surface area contributed by atoms with Gasteiger partial charge in [-0.1, -0.05) is 42.8 Å². The van der Waals surface area contributed by atoms with E-state index in [1.165, 1.54) is 20.0 Å². The molecule has 1 atom stereocenters. The molecule has 55 heavy (non-hydrogen) atoms. The molecule has 286 valence electrons. The second kappa shape index (κ2) is 18.9. The molecule has 2 fully saturated rings. The van der Waals surface area contributed by atoms with E-state index in [1.807, 2.05) is 48.2 Å². The largest absolute Gasteiger partial charge is 0.367 e. The molecule has 2 aromatic heterocycles. The summed E-state index contributed by atoms with van der Waals surface area (Å²) in [4.78, 5) is 84.1. The van der Waals surface area contributed by atoms with Gasteiger partial charge in [0.2, 0.25) is 11.8 Å². The fourth-order valence-electron chi connectivity index (χ4n) is 6.53. The van der Waals surface area contributed by atoms with Crippen LogP contribution in [0.1, 0.15) is 82.4 Å². The normalized spacial score (nSPS) is 15.3. The molecule has 2 saturated heterocycles. The van der Waals surface area contributed by atoms with Crippen molar-refractivity contribution in [2.24, 2.45) is 5.92 Å². The van der Waals surface area contributed by atoms with Gasteiger partial charge in [0.25, 0.3) is 5.91 Å². The van der Waals surface area contributed by atoms with Gasteiger partial charge < -0.3 is 20.4 Å². The molecular weight excluding hydrogens is 722 g/mol. The lowest BCUT2D eigenvalue weighted by atomic mass is 9.96. The quantitative estimate of drug-likeness (QED) is 0.0942. The molecule has 0 aliphatic carbocycles. The van der Waals surface area contributed by atoms with Gasteiger partial charge in [0.05, 0.1) is 5.56 Å². The Morgan fingerprint density at radius 3 is 2.18 bits per heavy atom. The number of Topliss-reactive ketones (excluding diaryl/α,β-unsaturated/α-hetero) is 2. The van der Waals surface area contributed by atoms with Gasteiger partial charge in [0, 0.05) is 84.8 Å². The number of urea groups is 1. The number of nitrogens with zero attached hydrogens (tertiary/aromatic N) is 4. The number of carbonyl (C=O) groups excluding carboxylic acids is 6. The van der Waals surface area contributed by atoms with Crippen molar-refractivity contribution in [2.75, 3.05) is 41.7 Å². The molecule has 3 N–H and O–H groups in total. The zero-order chi connectivity index (χ0) is 39.5. The molecule has 2 aliphatic heterocycles. The number of halogens is 1. The zero-order valence-corrected chi connectivity index (χ0v) is 31.8. The summed E-state index contributed by atoms with van der Waals surface area (Å²) < 4.78 is 0. The Labute approximate surface area is 324 Å². The van der Waals surface area contributed by atoms with E-state index in [4.69, 9.17) is 11.6 Å². The number of piperidine rings is 1. The number of ketones is 2. The lowest BCUT2D eigenvalue weighted by Gasteiger charge is -2.37. The second-order valence-electron chi connectivity index (χ2n) is 13.3. The summed E-state index contributed by atoms with van der Waals surface area (Å²) in [5.74, 6) is -0.509. The third-order valence-corrected chi connectivity index (χ3v) is 9.64. The maximum absolute atomic E-state index is 13.4. The Morgan fingerprint density at radius 2 is 1.53 bits per heavy atom. The Kier molecular flexibility index (Phi) is 13.8. The lowest BCUT2D eigenvalue weighted by Crippen LogP contribution is -2.49. The van der Waals surface area contributed by atoms with Gasteiger partial charge in [0.1, 0.15) is 5.15 Å². The van der Waals surface area contributed by atoms with Crippen LogP contribution in [0.5, 0.6) is 0 Å². The fourth-order valence-corrected chi connectivity index (χ4v) is 6.70. The fraction of sp³-hybridized carbons (Fsp3) is 0.317. The zero-order valence-electron chi connectivity index (χ0n) is 31.1. The Balaban J connectivity index is 0.000000504. The van der Waals surface area contributed by atoms with E-state index in [1.54, 1.807) is 36.5 Å². The lowest BCUT2D eigenvalue weighted by molar-refractivity contribution is -0.136. The number of benzene rings is 2. The van der Waals surface area contributed by atoms with Gasteiger partial charge in [-0.3, -0.25) is 34.3 Å². The van der Waals surface area contributed by atoms with Crippen LogP contribution in [0.2, 0.25) is 5.15 Å². The minimum absolute atomic E-state index is 0.0494. The SMILES string of the molecule is CC(=O)c1cccc(N2CCN(C(=O)c3cccc(CCc4cc(NC(=O)Nc5ccnc(Cl)c5)ccn4)c3)CC2)c1C(C)=O.CCC1CCC(=O)NC1=O. The summed E-state index contributed by atoms with van der Waals surface area (Å²) in [5, 5.41) is 8.10. The van der Waals surface area contributed by atoms with Crippen LogP contribution < -0.4 is 20.9 Å². The van der Waals surface area contributed by atoms with Crippen LogP contribution in [0.4, 0.5) is 21.9 Å². The highest BCUT2D eigenvalue weighted by Gasteiger charge is 2.27. The Hall–Kier alpha value is -5.95. The van der Waals surface area contributed by atoms with Crippen molar-refractivity contribution in [2.45, 2.75) is 52.9 Å². The summed E-state index contributed by atoms with van der Waals surface area (Å²) in [6.07, 6.45) is 6.49. The summed E-state index contributed by atoms with van der Waals surface area (Å²) >= 11 is 5.88. The molecule has 5 amide bonds. The highest BCUT2D eigenvalue weighted by Crippen LogP contribution is 2.27. The number of carbonyl (C=O) groups is 6. The third kappa shape index (κ3) is 11.0. The predicted molar refractivity (Wildman–Crippen MR) is 211 cm³/mol. The molecule has 0 spiro atoms. The van der Waals surface area contributed by atoms with Crippen molar-refractivity contribution in [1.82, 2.24) is 20.2 Å². The Morgan fingerprint density at radius 1 is 0.836 bits per heavy atom. The first-order valence-corrected chi connectivity index (χ1v) is 18.6. The standard InChI is InChI=1S/C34H33ClN6O4.C7H11NO2/c1-22(42)29-7-4-8-30(32(29)23(2)43)40-15-17-41(18-16-40)33(44)25-6-3-5-24(19-25)9-10-26-20-27(11-13-36-26)38-34(45)39-28-12-14-37-31(35)21-28;1-2-5-3-4-6(9)8-7(5)10/h3-8,11-14,19-21H,9-10,15-18H2,1-2H3,(H2,36,37,38,39,45);5H,2-4H2,1H3,(H,8,9,10). The van der Waals surface area contributed by atoms with E-state index in [2.05, 4.69) is 30.8 Å². The number of aryl methyl sites for hydroxylation is 2. The van der Waals surface area contributed by atoms with Crippen molar-refractivity contribution in [3.8, 4) is 0 Å². The molecule has 1 unspecified atom stereocenters. The van der Waals surface area contributed by atoms with E-state index < -0.39 is 6.03 Å². The number of pyridine rings is 2. The maximum Gasteiger partial charge on any atom is 0.323 e. The molecule has 2 aliphatic rings. The first kappa shape index (κ1) is 40.2. The molecule has 0 radical (unpaired) electrons. The van der Waals surface area contributed by atoms with Gasteiger partial charge in [-0.25, -0.2) is 9.78 Å². The van der Waals surface area contributed by atoms with E-state index in [0.717, 1.165) is 29.8 Å². The van der Waals surface area contributed by atoms with Crippen molar-refractivity contribution in [1.29, 1.82) is 0 Å². The van der Waals surface area contributed by atoms with Crippen molar-refractivity contribution in [3.63, 3.8) is 0 Å². The molecule has 14 heteroatoms. The Bertz CT molecular complexity index is 2080. The summed E-state index contributed by atoms with van der Waals surface area (Å²) in [6.45, 7) is 6.99. The van der Waals surface area contributed by atoms with Crippen LogP contribution in [0.3, 0.4) is 0 Å². The third-order valence-electron chi connectivity index (χ3n) is 9.43. The smallest absolute Gasteiger partial charge is 0.323 e. The number of anilines is 3. The first-order chi connectivity index (χ1) is 26.4. The van der Waals surface area contributed by atoms with Crippen LogP contribution in [0, 0.1) is 5.92 Å². The van der Waals surface area contributed by atoms with Gasteiger partial charge in [0.15, 0.2) is 11.6 Å². The molecule has 0 saturated carbocycles. The van der Waals surface area contributed by atoms with Gasteiger partial charge in [-0.2, -0.15) is 0 Å². The van der Waals surface area contributed by atoms with E-state index in [0.29, 0.717) is 73.5 Å². The summed E-state index contributed by atoms with van der Waals surface area (Å²) in [6, 6.07) is 19.2. The minimum atomic E-state index is -0.412. The number of amides is 5. The van der Waals surface area contributed by atoms with Gasteiger partial charge in [-0.15, -0.1) is 0 Å². The highest BCUT2D eigenvalue weighted by molar-refractivity contribution is 6.29. The number of nitrogens with one attached hydrogen (secondary N) is 3. The van der Waals surface area contributed by atoms with Crippen molar-refractivity contribution < 1.29 is 28.8 Å². The minimum Gasteiger partial charge on any atom is -0.367 e. The first-order valence-electron chi connectivity index (χ1n) is 18.2. The number of aromatic nitrogens is 2. The van der Waals surface area contributed by atoms with Gasteiger partial charge >= 0.3 is 6.03 Å². The predicted octanol–water partition coefficient (Wildman–Crippen LogP) is 6.38.